The number of Topliss-reactive ketones (excluding diaryl/α,β-unsaturated/α-hetero) is 1. The maximum Gasteiger partial charge on any atom is 0.186 e. The van der Waals surface area contributed by atoms with E-state index in [0.29, 0.717) is 0 Å². The maximum absolute atomic E-state index is 12.5. The van der Waals surface area contributed by atoms with Gasteiger partial charge in [-0.05, 0) is 42.4 Å². The van der Waals surface area contributed by atoms with Gasteiger partial charge < -0.3 is 0 Å². The first-order chi connectivity index (χ1) is 9.34. The molecule has 1 saturated carbocycles. The van der Waals surface area contributed by atoms with Crippen molar-refractivity contribution in [2.45, 2.75) is 19.3 Å². The molecule has 0 unspecified atom stereocenters. The molecule has 0 N–H and O–H groups in total. The number of carbonyl (C=O) groups excluding carboxylic acids is 1. The molecule has 0 atom stereocenters. The highest BCUT2D eigenvalue weighted by Gasteiger charge is 2.27. The molecule has 1 aromatic rings. The topological polar surface area (TPSA) is 17.1 Å². The van der Waals surface area contributed by atoms with E-state index in [1.165, 1.54) is 10.7 Å². The average Bonchev–Trinajstić information content (AvgIpc) is 2.82. The summed E-state index contributed by atoms with van der Waals surface area (Å²) in [7, 11) is 0. The Morgan fingerprint density at radius 1 is 1.00 bits per heavy atom. The zero-order valence-corrected chi connectivity index (χ0v) is 12.4. The normalized spacial score (nSPS) is 22.3. The van der Waals surface area contributed by atoms with Gasteiger partial charge in [-0.3, -0.25) is 4.79 Å². The Hall–Kier alpha value is -0.930. The molecule has 1 heterocycles. The smallest absolute Gasteiger partial charge is 0.186 e. The zero-order chi connectivity index (χ0) is 13.1. The molecule has 1 aliphatic carbocycles. The first kappa shape index (κ1) is 13.1. The molecule has 0 bridgehead atoms. The molecular formula is C16H16OS2. The van der Waals surface area contributed by atoms with Crippen molar-refractivity contribution >= 4 is 35.4 Å². The van der Waals surface area contributed by atoms with Gasteiger partial charge in [0.25, 0.3) is 0 Å². The molecule has 1 aliphatic heterocycles. The second-order valence-electron chi connectivity index (χ2n) is 4.73. The minimum atomic E-state index is 0.278. The summed E-state index contributed by atoms with van der Waals surface area (Å²) in [4.78, 5) is 12.5. The summed E-state index contributed by atoms with van der Waals surface area (Å²) in [6.07, 6.45) is 5.13. The van der Waals surface area contributed by atoms with Crippen LogP contribution in [0.15, 0.2) is 45.7 Å². The lowest BCUT2D eigenvalue weighted by Gasteiger charge is -2.14. The van der Waals surface area contributed by atoms with Crippen LogP contribution in [-0.2, 0) is 4.79 Å². The zero-order valence-electron chi connectivity index (χ0n) is 10.7. The van der Waals surface area contributed by atoms with Crippen LogP contribution in [0.2, 0.25) is 0 Å². The van der Waals surface area contributed by atoms with Gasteiger partial charge in [-0.15, -0.1) is 23.5 Å². The molecule has 0 radical (unpaired) electrons. The highest BCUT2D eigenvalue weighted by molar-refractivity contribution is 8.22. The molecule has 2 aliphatic rings. The Bertz CT molecular complexity index is 535. The third kappa shape index (κ3) is 2.98. The highest BCUT2D eigenvalue weighted by atomic mass is 32.2. The molecule has 2 fully saturated rings. The Labute approximate surface area is 122 Å². The molecular weight excluding hydrogens is 272 g/mol. The number of hydrogen-bond acceptors (Lipinski definition) is 3. The summed E-state index contributed by atoms with van der Waals surface area (Å²) in [5.41, 5.74) is 3.17. The van der Waals surface area contributed by atoms with Crippen LogP contribution in [0.25, 0.3) is 6.08 Å². The summed E-state index contributed by atoms with van der Waals surface area (Å²) in [5, 5.41) is 0. The number of carbonyl (C=O) groups is 1. The van der Waals surface area contributed by atoms with Crippen molar-refractivity contribution in [2.24, 2.45) is 0 Å². The van der Waals surface area contributed by atoms with E-state index >= 15 is 0 Å². The fourth-order valence-corrected chi connectivity index (χ4v) is 5.07. The van der Waals surface area contributed by atoms with Crippen LogP contribution >= 0.6 is 23.5 Å². The molecule has 1 saturated heterocycles. The second-order valence-corrected chi connectivity index (χ2v) is 7.19. The molecule has 19 heavy (non-hydrogen) atoms. The van der Waals surface area contributed by atoms with E-state index in [1.54, 1.807) is 0 Å². The quantitative estimate of drug-likeness (QED) is 0.708. The number of rotatable bonds is 1. The van der Waals surface area contributed by atoms with Gasteiger partial charge in [0.1, 0.15) is 0 Å². The van der Waals surface area contributed by atoms with E-state index in [2.05, 4.69) is 12.1 Å². The second kappa shape index (κ2) is 6.02. The molecule has 3 rings (SSSR count). The number of hydrogen-bond donors (Lipinski definition) is 0. The van der Waals surface area contributed by atoms with Gasteiger partial charge in [0.05, 0.1) is 0 Å². The van der Waals surface area contributed by atoms with Crippen molar-refractivity contribution in [1.29, 1.82) is 0 Å². The van der Waals surface area contributed by atoms with Crippen LogP contribution in [0.4, 0.5) is 0 Å². The lowest BCUT2D eigenvalue weighted by Crippen LogP contribution is -2.01. The Morgan fingerprint density at radius 2 is 1.74 bits per heavy atom. The first-order valence-corrected chi connectivity index (χ1v) is 8.61. The molecule has 0 spiro atoms. The largest absolute Gasteiger partial charge is 0.289 e. The summed E-state index contributed by atoms with van der Waals surface area (Å²) < 4.78 is 1.28. The van der Waals surface area contributed by atoms with Crippen LogP contribution in [0.5, 0.6) is 0 Å². The highest BCUT2D eigenvalue weighted by Crippen LogP contribution is 2.42. The lowest BCUT2D eigenvalue weighted by molar-refractivity contribution is -0.111. The van der Waals surface area contributed by atoms with E-state index in [0.717, 1.165) is 41.1 Å². The van der Waals surface area contributed by atoms with E-state index in [4.69, 9.17) is 0 Å². The van der Waals surface area contributed by atoms with E-state index < -0.39 is 0 Å². The third-order valence-electron chi connectivity index (χ3n) is 3.35. The van der Waals surface area contributed by atoms with Crippen LogP contribution in [0.1, 0.15) is 24.8 Å². The number of thioether (sulfide) groups is 2. The standard InChI is InChI=1S/C16H16OS2/c17-15-13(11-12-5-2-1-3-6-12)7-8-14(15)16-18-9-4-10-19-16/h1-3,5-6,11H,4,7-10H2/b13-11+. The molecule has 1 nitrogen and oxygen atoms in total. The van der Waals surface area contributed by atoms with Crippen molar-refractivity contribution in [3.8, 4) is 0 Å². The maximum atomic E-state index is 12.5. The van der Waals surface area contributed by atoms with Crippen molar-refractivity contribution in [1.82, 2.24) is 0 Å². The van der Waals surface area contributed by atoms with E-state index in [1.807, 2.05) is 47.8 Å². The van der Waals surface area contributed by atoms with Crippen LogP contribution < -0.4 is 0 Å². The minimum absolute atomic E-state index is 0.278. The van der Waals surface area contributed by atoms with Gasteiger partial charge in [0.15, 0.2) is 5.78 Å². The predicted octanol–water partition coefficient (Wildman–Crippen LogP) is 4.51. The fourth-order valence-electron chi connectivity index (χ4n) is 2.37. The molecule has 1 aromatic carbocycles. The summed E-state index contributed by atoms with van der Waals surface area (Å²) in [6.45, 7) is 0. The van der Waals surface area contributed by atoms with Gasteiger partial charge >= 0.3 is 0 Å². The molecule has 3 heteroatoms. The van der Waals surface area contributed by atoms with Gasteiger partial charge in [-0.25, -0.2) is 0 Å². The summed E-state index contributed by atoms with van der Waals surface area (Å²) in [6, 6.07) is 10.1. The Kier molecular flexibility index (Phi) is 4.14. The fraction of sp³-hybridized carbons (Fsp3) is 0.312. The Balaban J connectivity index is 1.84. The van der Waals surface area contributed by atoms with Crippen LogP contribution in [0, 0.1) is 0 Å². The summed E-state index contributed by atoms with van der Waals surface area (Å²) in [5.74, 6) is 2.61. The third-order valence-corrected chi connectivity index (χ3v) is 6.06. The van der Waals surface area contributed by atoms with Gasteiger partial charge in [-0.2, -0.15) is 0 Å². The van der Waals surface area contributed by atoms with E-state index in [9.17, 15) is 4.79 Å². The molecule has 0 aromatic heterocycles. The van der Waals surface area contributed by atoms with Crippen molar-refractivity contribution in [3.63, 3.8) is 0 Å². The van der Waals surface area contributed by atoms with E-state index in [-0.39, 0.29) is 5.78 Å². The van der Waals surface area contributed by atoms with Gasteiger partial charge in [-0.1, -0.05) is 30.3 Å². The number of benzene rings is 1. The Morgan fingerprint density at radius 3 is 2.47 bits per heavy atom. The first-order valence-electron chi connectivity index (χ1n) is 6.63. The van der Waals surface area contributed by atoms with Crippen molar-refractivity contribution in [2.75, 3.05) is 11.5 Å². The predicted molar refractivity (Wildman–Crippen MR) is 85.2 cm³/mol. The summed E-state index contributed by atoms with van der Waals surface area (Å²) >= 11 is 3.73. The lowest BCUT2D eigenvalue weighted by atomic mass is 10.1. The van der Waals surface area contributed by atoms with Crippen molar-refractivity contribution < 1.29 is 4.79 Å². The number of ketones is 1. The SMILES string of the molecule is O=C1C(=C2SCCCS2)CC/C1=C\c1ccccc1. The molecule has 98 valence electrons. The van der Waals surface area contributed by atoms with Crippen LogP contribution in [0.3, 0.4) is 0 Å². The van der Waals surface area contributed by atoms with Gasteiger partial charge in [0.2, 0.25) is 0 Å². The molecule has 0 amide bonds. The van der Waals surface area contributed by atoms with Crippen LogP contribution in [-0.4, -0.2) is 17.3 Å². The monoisotopic (exact) mass is 288 g/mol. The minimum Gasteiger partial charge on any atom is -0.289 e. The average molecular weight is 288 g/mol. The van der Waals surface area contributed by atoms with Crippen molar-refractivity contribution in [3.05, 3.63) is 51.3 Å². The van der Waals surface area contributed by atoms with Gasteiger partial charge in [0, 0.05) is 15.4 Å². The number of allylic oxidation sites excluding steroid dienone is 2.